The molecule has 0 radical (unpaired) electrons. The molecule has 6 heteroatoms. The van der Waals surface area contributed by atoms with Crippen LogP contribution in [-0.2, 0) is 0 Å². The van der Waals surface area contributed by atoms with E-state index >= 15 is 0 Å². The number of carboxylic acids is 1. The number of aromatic nitrogens is 2. The molecular formula is C9H12ClN3O2. The molecule has 0 spiro atoms. The van der Waals surface area contributed by atoms with Gasteiger partial charge in [-0.1, -0.05) is 0 Å². The van der Waals surface area contributed by atoms with Crippen LogP contribution in [0.3, 0.4) is 0 Å². The van der Waals surface area contributed by atoms with Crippen molar-refractivity contribution in [2.45, 2.75) is 26.3 Å². The molecule has 2 N–H and O–H groups in total. The number of halogens is 1. The highest BCUT2D eigenvalue weighted by Crippen LogP contribution is 2.15. The van der Waals surface area contributed by atoms with Crippen LogP contribution in [0.25, 0.3) is 0 Å². The fourth-order valence-corrected chi connectivity index (χ4v) is 1.16. The Morgan fingerprint density at radius 3 is 2.53 bits per heavy atom. The number of anilines is 1. The molecular weight excluding hydrogens is 218 g/mol. The summed E-state index contributed by atoms with van der Waals surface area (Å²) in [5, 5.41) is 11.7. The van der Waals surface area contributed by atoms with Crippen LogP contribution in [0.15, 0.2) is 6.07 Å². The third kappa shape index (κ3) is 3.71. The summed E-state index contributed by atoms with van der Waals surface area (Å²) in [6.07, 6.45) is 0. The molecule has 5 nitrogen and oxygen atoms in total. The molecule has 1 heterocycles. The van der Waals surface area contributed by atoms with Gasteiger partial charge in [-0.3, -0.25) is 0 Å². The topological polar surface area (TPSA) is 75.1 Å². The maximum Gasteiger partial charge on any atom is 0.354 e. The number of hydrogen-bond donors (Lipinski definition) is 2. The molecule has 1 aromatic heterocycles. The predicted octanol–water partition coefficient (Wildman–Crippen LogP) is 2.04. The van der Waals surface area contributed by atoms with Crippen LogP contribution < -0.4 is 5.32 Å². The summed E-state index contributed by atoms with van der Waals surface area (Å²) < 4.78 is 0. The molecule has 0 amide bonds. The molecule has 1 rings (SSSR count). The van der Waals surface area contributed by atoms with Crippen LogP contribution in [0.2, 0.25) is 5.28 Å². The van der Waals surface area contributed by atoms with E-state index < -0.39 is 5.97 Å². The Balaban J connectivity index is 3.04. The summed E-state index contributed by atoms with van der Waals surface area (Å²) in [7, 11) is 0. The lowest BCUT2D eigenvalue weighted by atomic mass is 10.1. The molecule has 0 aliphatic rings. The number of rotatable bonds is 2. The lowest BCUT2D eigenvalue weighted by Gasteiger charge is -2.21. The van der Waals surface area contributed by atoms with Gasteiger partial charge in [-0.05, 0) is 32.4 Å². The van der Waals surface area contributed by atoms with Crippen molar-refractivity contribution in [3.05, 3.63) is 17.0 Å². The van der Waals surface area contributed by atoms with Crippen molar-refractivity contribution in [2.75, 3.05) is 5.32 Å². The largest absolute Gasteiger partial charge is 0.477 e. The Labute approximate surface area is 92.5 Å². The molecule has 0 bridgehead atoms. The Hall–Kier alpha value is -1.36. The number of aromatic carboxylic acids is 1. The van der Waals surface area contributed by atoms with Gasteiger partial charge in [0.15, 0.2) is 5.69 Å². The normalized spacial score (nSPS) is 11.2. The molecule has 0 aliphatic heterocycles. The van der Waals surface area contributed by atoms with Crippen LogP contribution >= 0.6 is 11.6 Å². The molecule has 82 valence electrons. The molecule has 0 atom stereocenters. The first-order valence-electron chi connectivity index (χ1n) is 4.34. The minimum atomic E-state index is -1.13. The van der Waals surface area contributed by atoms with Gasteiger partial charge in [-0.2, -0.15) is 0 Å². The van der Waals surface area contributed by atoms with E-state index in [1.54, 1.807) is 0 Å². The second kappa shape index (κ2) is 4.02. The van der Waals surface area contributed by atoms with Gasteiger partial charge in [-0.25, -0.2) is 14.8 Å². The Morgan fingerprint density at radius 2 is 2.07 bits per heavy atom. The van der Waals surface area contributed by atoms with Crippen LogP contribution in [0.4, 0.5) is 5.82 Å². The van der Waals surface area contributed by atoms with E-state index in [0.29, 0.717) is 5.82 Å². The van der Waals surface area contributed by atoms with E-state index in [4.69, 9.17) is 16.7 Å². The molecule has 0 aliphatic carbocycles. The first-order valence-corrected chi connectivity index (χ1v) is 4.72. The third-order valence-corrected chi connectivity index (χ3v) is 1.59. The summed E-state index contributed by atoms with van der Waals surface area (Å²) >= 11 is 5.60. The van der Waals surface area contributed by atoms with Gasteiger partial charge in [0.25, 0.3) is 0 Å². The summed E-state index contributed by atoms with van der Waals surface area (Å²) in [5.41, 5.74) is -0.338. The molecule has 0 fully saturated rings. The number of hydrogen-bond acceptors (Lipinski definition) is 4. The second-order valence-electron chi connectivity index (χ2n) is 4.09. The van der Waals surface area contributed by atoms with Crippen molar-refractivity contribution < 1.29 is 9.90 Å². The highest BCUT2D eigenvalue weighted by atomic mass is 35.5. The van der Waals surface area contributed by atoms with Crippen LogP contribution in [0.1, 0.15) is 31.3 Å². The van der Waals surface area contributed by atoms with Crippen molar-refractivity contribution in [3.63, 3.8) is 0 Å². The zero-order valence-electron chi connectivity index (χ0n) is 8.71. The standard InChI is InChI=1S/C9H12ClN3O2/c1-9(2,3)13-6-4-5(7(14)15)11-8(10)12-6/h4H,1-3H3,(H,14,15)(H,11,12,13). The van der Waals surface area contributed by atoms with Gasteiger partial charge >= 0.3 is 5.97 Å². The zero-order chi connectivity index (χ0) is 11.6. The van der Waals surface area contributed by atoms with Crippen molar-refractivity contribution in [1.29, 1.82) is 0 Å². The Bertz CT molecular complexity index is 387. The molecule has 0 saturated heterocycles. The van der Waals surface area contributed by atoms with Gasteiger partial charge in [0.2, 0.25) is 5.28 Å². The smallest absolute Gasteiger partial charge is 0.354 e. The minimum absolute atomic E-state index is 0.0818. The van der Waals surface area contributed by atoms with E-state index in [2.05, 4.69) is 15.3 Å². The molecule has 0 saturated carbocycles. The van der Waals surface area contributed by atoms with Gasteiger partial charge in [-0.15, -0.1) is 0 Å². The first-order chi connectivity index (χ1) is 6.78. The van der Waals surface area contributed by atoms with E-state index in [0.717, 1.165) is 0 Å². The average Bonchev–Trinajstić information content (AvgIpc) is 1.99. The quantitative estimate of drug-likeness (QED) is 0.759. The summed E-state index contributed by atoms with van der Waals surface area (Å²) in [6, 6.07) is 1.35. The van der Waals surface area contributed by atoms with E-state index in [-0.39, 0.29) is 16.5 Å². The van der Waals surface area contributed by atoms with Crippen molar-refractivity contribution in [1.82, 2.24) is 9.97 Å². The van der Waals surface area contributed by atoms with Gasteiger partial charge < -0.3 is 10.4 Å². The summed E-state index contributed by atoms with van der Waals surface area (Å²) in [5.74, 6) is -0.726. The van der Waals surface area contributed by atoms with Crippen LogP contribution in [0.5, 0.6) is 0 Å². The van der Waals surface area contributed by atoms with E-state index in [1.165, 1.54) is 6.07 Å². The van der Waals surface area contributed by atoms with Gasteiger partial charge in [0.1, 0.15) is 5.82 Å². The van der Waals surface area contributed by atoms with Crippen LogP contribution in [0, 0.1) is 0 Å². The van der Waals surface area contributed by atoms with Crippen molar-refractivity contribution >= 4 is 23.4 Å². The number of nitrogens with one attached hydrogen (secondary N) is 1. The third-order valence-electron chi connectivity index (χ3n) is 1.42. The zero-order valence-corrected chi connectivity index (χ0v) is 9.46. The average molecular weight is 230 g/mol. The van der Waals surface area contributed by atoms with E-state index in [9.17, 15) is 4.79 Å². The van der Waals surface area contributed by atoms with Crippen molar-refractivity contribution in [2.24, 2.45) is 0 Å². The fourth-order valence-electron chi connectivity index (χ4n) is 0.976. The van der Waals surface area contributed by atoms with E-state index in [1.807, 2.05) is 20.8 Å². The second-order valence-corrected chi connectivity index (χ2v) is 4.43. The van der Waals surface area contributed by atoms with Crippen LogP contribution in [-0.4, -0.2) is 26.6 Å². The summed E-state index contributed by atoms with van der Waals surface area (Å²) in [6.45, 7) is 5.80. The minimum Gasteiger partial charge on any atom is -0.477 e. The lowest BCUT2D eigenvalue weighted by Crippen LogP contribution is -2.27. The molecule has 0 unspecified atom stereocenters. The highest BCUT2D eigenvalue weighted by molar-refractivity contribution is 6.28. The highest BCUT2D eigenvalue weighted by Gasteiger charge is 2.14. The van der Waals surface area contributed by atoms with Gasteiger partial charge in [0, 0.05) is 11.6 Å². The molecule has 0 aromatic carbocycles. The predicted molar refractivity (Wildman–Crippen MR) is 57.4 cm³/mol. The SMILES string of the molecule is CC(C)(C)Nc1cc(C(=O)O)nc(Cl)n1. The Kier molecular flexibility index (Phi) is 3.14. The fraction of sp³-hybridized carbons (Fsp3) is 0.444. The number of nitrogens with zero attached hydrogens (tertiary/aromatic N) is 2. The monoisotopic (exact) mass is 229 g/mol. The Morgan fingerprint density at radius 1 is 1.47 bits per heavy atom. The molecule has 15 heavy (non-hydrogen) atoms. The number of carboxylic acid groups (broad SMARTS) is 1. The lowest BCUT2D eigenvalue weighted by molar-refractivity contribution is 0.0690. The van der Waals surface area contributed by atoms with Crippen molar-refractivity contribution in [3.8, 4) is 0 Å². The summed E-state index contributed by atoms with van der Waals surface area (Å²) in [4.78, 5) is 18.2. The number of carbonyl (C=O) groups is 1. The first kappa shape index (κ1) is 11.7. The maximum atomic E-state index is 10.7. The molecule has 1 aromatic rings. The van der Waals surface area contributed by atoms with Gasteiger partial charge in [0.05, 0.1) is 0 Å². The maximum absolute atomic E-state index is 10.7.